The third-order valence-corrected chi connectivity index (χ3v) is 9.84. The summed E-state index contributed by atoms with van der Waals surface area (Å²) in [4.78, 5) is 12.6. The van der Waals surface area contributed by atoms with Gasteiger partial charge >= 0.3 is 5.97 Å². The average Bonchev–Trinajstić information content (AvgIpc) is 2.84. The van der Waals surface area contributed by atoms with E-state index in [4.69, 9.17) is 25.8 Å². The van der Waals surface area contributed by atoms with E-state index in [1.165, 1.54) is 6.07 Å². The highest BCUT2D eigenvalue weighted by Crippen LogP contribution is 2.53. The van der Waals surface area contributed by atoms with Crippen LogP contribution in [0.3, 0.4) is 0 Å². The van der Waals surface area contributed by atoms with Crippen molar-refractivity contribution in [2.45, 2.75) is 61.7 Å². The summed E-state index contributed by atoms with van der Waals surface area (Å²) >= 11 is 7.75. The fraction of sp³-hybridized carbons (Fsp3) is 0.536. The zero-order chi connectivity index (χ0) is 25.3. The summed E-state index contributed by atoms with van der Waals surface area (Å²) in [5.41, 5.74) is 0.652. The molecule has 1 saturated carbocycles. The molecule has 1 saturated heterocycles. The van der Waals surface area contributed by atoms with Crippen molar-refractivity contribution in [2.75, 3.05) is 25.6 Å². The highest BCUT2D eigenvalue weighted by atomic mass is 35.5. The first-order valence-corrected chi connectivity index (χ1v) is 14.0. The molecule has 1 aliphatic carbocycles. The normalized spacial score (nSPS) is 26.2. The van der Waals surface area contributed by atoms with Crippen LogP contribution in [-0.4, -0.2) is 42.4 Å². The van der Waals surface area contributed by atoms with Gasteiger partial charge in [-0.1, -0.05) is 23.7 Å². The van der Waals surface area contributed by atoms with Crippen LogP contribution in [0.1, 0.15) is 50.2 Å². The summed E-state index contributed by atoms with van der Waals surface area (Å²) in [6, 6.07) is 9.87. The maximum absolute atomic E-state index is 15.4. The molecule has 0 radical (unpaired) electrons. The van der Waals surface area contributed by atoms with E-state index in [9.17, 15) is 9.18 Å². The van der Waals surface area contributed by atoms with Crippen LogP contribution in [0.5, 0.6) is 5.75 Å². The van der Waals surface area contributed by atoms with Crippen molar-refractivity contribution in [3.8, 4) is 5.75 Å². The maximum Gasteiger partial charge on any atom is 0.322 e. The number of esters is 1. The highest BCUT2D eigenvalue weighted by Gasteiger charge is 2.54. The number of hydrogen-bond acceptors (Lipinski definition) is 5. The number of halogens is 3. The van der Waals surface area contributed by atoms with Gasteiger partial charge in [-0.15, -0.1) is 11.8 Å². The number of thioether (sulfide) groups is 1. The van der Waals surface area contributed by atoms with Gasteiger partial charge in [0.2, 0.25) is 0 Å². The first kappa shape index (κ1) is 25.8. The van der Waals surface area contributed by atoms with Crippen LogP contribution < -0.4 is 4.74 Å². The summed E-state index contributed by atoms with van der Waals surface area (Å²) < 4.78 is 47.2. The Kier molecular flexibility index (Phi) is 7.53. The van der Waals surface area contributed by atoms with Gasteiger partial charge in [0.15, 0.2) is 11.6 Å². The van der Waals surface area contributed by atoms with Gasteiger partial charge in [0.1, 0.15) is 10.6 Å². The van der Waals surface area contributed by atoms with Crippen molar-refractivity contribution < 1.29 is 27.8 Å². The van der Waals surface area contributed by atoms with Gasteiger partial charge in [0, 0.05) is 28.5 Å². The number of fused-ring (bicyclic) bond motifs is 3. The largest absolute Gasteiger partial charge is 0.490 e. The van der Waals surface area contributed by atoms with Crippen LogP contribution in [0.15, 0.2) is 36.4 Å². The second kappa shape index (κ2) is 10.5. The molecule has 3 aliphatic rings. The Labute approximate surface area is 220 Å². The van der Waals surface area contributed by atoms with E-state index >= 15 is 4.39 Å². The molecular weight excluding hydrogens is 506 g/mol. The Morgan fingerprint density at radius 3 is 2.58 bits per heavy atom. The van der Waals surface area contributed by atoms with Gasteiger partial charge < -0.3 is 14.2 Å². The summed E-state index contributed by atoms with van der Waals surface area (Å²) in [7, 11) is 0. The van der Waals surface area contributed by atoms with Gasteiger partial charge in [-0.05, 0) is 81.0 Å². The summed E-state index contributed by atoms with van der Waals surface area (Å²) in [5.74, 6) is -0.543. The number of carbonyl (C=O) groups is 1. The lowest BCUT2D eigenvalue weighted by Gasteiger charge is -2.51. The van der Waals surface area contributed by atoms with Gasteiger partial charge in [0.05, 0.1) is 19.3 Å². The van der Waals surface area contributed by atoms with E-state index in [1.54, 1.807) is 11.8 Å². The SMILES string of the molecule is CCOC(=O)C1(SCC[C@@H]2OCC[C@@]3(Cc4ccc(Cl)cc4)c4c(F)ccc(F)c4OC[C@@H]23)CCC1. The molecule has 3 atom stereocenters. The van der Waals surface area contributed by atoms with Crippen LogP contribution in [0.2, 0.25) is 5.02 Å². The van der Waals surface area contributed by atoms with E-state index in [-0.39, 0.29) is 30.3 Å². The molecule has 2 aromatic rings. The predicted octanol–water partition coefficient (Wildman–Crippen LogP) is 6.51. The molecule has 0 aromatic heterocycles. The minimum Gasteiger partial charge on any atom is -0.490 e. The number of hydrogen-bond donors (Lipinski definition) is 0. The zero-order valence-corrected chi connectivity index (χ0v) is 21.9. The predicted molar refractivity (Wildman–Crippen MR) is 137 cm³/mol. The van der Waals surface area contributed by atoms with Gasteiger partial charge in [0.25, 0.3) is 0 Å². The summed E-state index contributed by atoms with van der Waals surface area (Å²) in [6.45, 7) is 2.89. The third-order valence-electron chi connectivity index (χ3n) is 8.02. The second-order valence-corrected chi connectivity index (χ2v) is 11.9. The Morgan fingerprint density at radius 1 is 1.14 bits per heavy atom. The van der Waals surface area contributed by atoms with Crippen molar-refractivity contribution in [3.63, 3.8) is 0 Å². The molecule has 8 heteroatoms. The Morgan fingerprint density at radius 2 is 1.89 bits per heavy atom. The van der Waals surface area contributed by atoms with Crippen LogP contribution >= 0.6 is 23.4 Å². The van der Waals surface area contributed by atoms with E-state index in [2.05, 4.69) is 0 Å². The number of benzene rings is 2. The molecule has 5 rings (SSSR count). The van der Waals surface area contributed by atoms with Crippen molar-refractivity contribution in [2.24, 2.45) is 5.92 Å². The van der Waals surface area contributed by atoms with Crippen molar-refractivity contribution in [1.29, 1.82) is 0 Å². The van der Waals surface area contributed by atoms with E-state index in [0.29, 0.717) is 43.1 Å². The number of rotatable bonds is 8. The molecular formula is C28H31ClF2O4S. The Hall–Kier alpha value is -1.83. The van der Waals surface area contributed by atoms with Crippen molar-refractivity contribution >= 4 is 29.3 Å². The molecule has 36 heavy (non-hydrogen) atoms. The molecule has 0 spiro atoms. The minimum absolute atomic E-state index is 0.0194. The quantitative estimate of drug-likeness (QED) is 0.360. The number of carbonyl (C=O) groups excluding carboxylic acids is 1. The second-order valence-electron chi connectivity index (χ2n) is 9.97. The van der Waals surface area contributed by atoms with E-state index < -0.39 is 21.8 Å². The molecule has 0 bridgehead atoms. The van der Waals surface area contributed by atoms with E-state index in [0.717, 1.165) is 36.6 Å². The fourth-order valence-electron chi connectivity index (χ4n) is 6.04. The molecule has 2 aliphatic heterocycles. The minimum atomic E-state index is -0.670. The fourth-order valence-corrected chi connectivity index (χ4v) is 7.66. The first-order chi connectivity index (χ1) is 17.4. The van der Waals surface area contributed by atoms with E-state index in [1.807, 2.05) is 31.2 Å². The van der Waals surface area contributed by atoms with Crippen LogP contribution in [0, 0.1) is 17.6 Å². The van der Waals surface area contributed by atoms with Crippen LogP contribution in [-0.2, 0) is 26.1 Å². The maximum atomic E-state index is 15.4. The molecule has 2 aromatic carbocycles. The lowest BCUT2D eigenvalue weighted by Crippen LogP contribution is -2.55. The molecule has 2 heterocycles. The Balaban J connectivity index is 1.42. The molecule has 4 nitrogen and oxygen atoms in total. The highest BCUT2D eigenvalue weighted by molar-refractivity contribution is 8.01. The van der Waals surface area contributed by atoms with Gasteiger partial charge in [-0.2, -0.15) is 0 Å². The van der Waals surface area contributed by atoms with Gasteiger partial charge in [-0.25, -0.2) is 8.78 Å². The molecule has 2 fully saturated rings. The zero-order valence-electron chi connectivity index (χ0n) is 20.4. The molecule has 0 amide bonds. The van der Waals surface area contributed by atoms with Gasteiger partial charge in [-0.3, -0.25) is 4.79 Å². The molecule has 0 unspecified atom stereocenters. The Bertz CT molecular complexity index is 1110. The lowest BCUT2D eigenvalue weighted by molar-refractivity contribution is -0.148. The van der Waals surface area contributed by atoms with Crippen LogP contribution in [0.25, 0.3) is 0 Å². The average molecular weight is 537 g/mol. The first-order valence-electron chi connectivity index (χ1n) is 12.7. The topological polar surface area (TPSA) is 44.8 Å². The third kappa shape index (κ3) is 4.63. The van der Waals surface area contributed by atoms with Crippen molar-refractivity contribution in [3.05, 3.63) is 64.2 Å². The monoisotopic (exact) mass is 536 g/mol. The molecule has 194 valence electrons. The smallest absolute Gasteiger partial charge is 0.322 e. The van der Waals surface area contributed by atoms with Crippen molar-refractivity contribution in [1.82, 2.24) is 0 Å². The van der Waals surface area contributed by atoms with Crippen LogP contribution in [0.4, 0.5) is 8.78 Å². The lowest BCUT2D eigenvalue weighted by atomic mass is 9.60. The standard InChI is InChI=1S/C28H31ClF2O4S/c1-2-33-26(32)28(11-3-12-28)36-15-10-23-20-17-35-25-22(31)9-8-21(30)24(25)27(20,13-14-34-23)16-18-4-6-19(29)7-5-18/h4-9,20,23H,2-3,10-17H2,1H3/t20-,23-,27-/m0/s1. The number of ether oxygens (including phenoxy) is 3. The molecule has 0 N–H and O–H groups in total. The summed E-state index contributed by atoms with van der Waals surface area (Å²) in [5, 5.41) is 0.630. The summed E-state index contributed by atoms with van der Waals surface area (Å²) in [6.07, 6.45) is 4.26.